The van der Waals surface area contributed by atoms with Crippen LogP contribution in [-0.2, 0) is 13.6 Å². The maximum absolute atomic E-state index is 12.3. The first kappa shape index (κ1) is 14.8. The van der Waals surface area contributed by atoms with E-state index < -0.39 is 18.8 Å². The summed E-state index contributed by atoms with van der Waals surface area (Å²) >= 11 is 0. The monoisotopic (exact) mass is 237 g/mol. The largest absolute Gasteiger partial charge is 0.359 e. The zero-order valence-electron chi connectivity index (χ0n) is 10.0. The van der Waals surface area contributed by atoms with Gasteiger partial charge in [0.25, 0.3) is 0 Å². The molecule has 1 unspecified atom stereocenters. The first-order chi connectivity index (χ1) is 6.81. The van der Waals surface area contributed by atoms with Crippen molar-refractivity contribution in [2.24, 2.45) is 10.6 Å². The molecule has 0 rings (SSSR count). The quantitative estimate of drug-likeness (QED) is 0.524. The fraction of sp³-hybridized carbons (Fsp3) is 1.00. The Balaban J connectivity index is 5.02. The second-order valence-corrected chi connectivity index (χ2v) is 6.31. The Hall–Kier alpha value is -0.250. The molecule has 0 spiro atoms. The van der Waals surface area contributed by atoms with Crippen LogP contribution >= 0.6 is 7.60 Å². The molecule has 15 heavy (non-hydrogen) atoms. The van der Waals surface area contributed by atoms with Crippen molar-refractivity contribution < 1.29 is 13.6 Å². The summed E-state index contributed by atoms with van der Waals surface area (Å²) in [5.74, 6) is -0.968. The van der Waals surface area contributed by atoms with Gasteiger partial charge >= 0.3 is 7.60 Å². The Bertz CT molecular complexity index is 239. The highest BCUT2D eigenvalue weighted by molar-refractivity contribution is 7.54. The molecule has 1 atom stereocenters. The average Bonchev–Trinajstić information content (AvgIpc) is 2.02. The van der Waals surface area contributed by atoms with Crippen LogP contribution in [0, 0.1) is 10.3 Å². The molecule has 0 bridgehead atoms. The zero-order chi connectivity index (χ0) is 12.1. The second-order valence-electron chi connectivity index (χ2n) is 4.22. The van der Waals surface area contributed by atoms with Crippen LogP contribution < -0.4 is 0 Å². The first-order valence-electron chi connectivity index (χ1n) is 5.03. The van der Waals surface area contributed by atoms with Crippen molar-refractivity contribution in [3.05, 3.63) is 4.91 Å². The lowest BCUT2D eigenvalue weighted by Gasteiger charge is -2.30. The normalized spacial score (nSPS) is 15.0. The zero-order valence-corrected chi connectivity index (χ0v) is 10.9. The van der Waals surface area contributed by atoms with E-state index in [1.165, 1.54) is 0 Å². The molecular formula is C9H20NO4P. The van der Waals surface area contributed by atoms with Gasteiger partial charge in [-0.05, 0) is 19.3 Å². The molecular weight excluding hydrogens is 217 g/mol. The fourth-order valence-electron chi connectivity index (χ4n) is 1.23. The van der Waals surface area contributed by atoms with Gasteiger partial charge in [-0.25, -0.2) is 0 Å². The molecule has 0 aliphatic heterocycles. The molecule has 0 aliphatic rings. The van der Waals surface area contributed by atoms with E-state index in [0.717, 1.165) is 0 Å². The molecule has 5 nitrogen and oxygen atoms in total. The fourth-order valence-corrected chi connectivity index (χ4v) is 3.37. The van der Waals surface area contributed by atoms with Crippen LogP contribution in [0.5, 0.6) is 0 Å². The van der Waals surface area contributed by atoms with Crippen LogP contribution in [-0.4, -0.2) is 19.0 Å². The standard InChI is InChI=1S/C9H20NO4P/c1-6-13-15(12,14-7-2)8(10-11)9(3,4)5/h8H,6-7H2,1-5H3. The number of nitroso groups, excluding NO2 is 1. The minimum Gasteiger partial charge on any atom is -0.307 e. The van der Waals surface area contributed by atoms with Gasteiger partial charge in [0.15, 0.2) is 5.78 Å². The summed E-state index contributed by atoms with van der Waals surface area (Å²) in [4.78, 5) is 10.8. The Morgan fingerprint density at radius 1 is 1.20 bits per heavy atom. The minimum absolute atomic E-state index is 0.235. The van der Waals surface area contributed by atoms with Crippen LogP contribution in [0.15, 0.2) is 5.18 Å². The van der Waals surface area contributed by atoms with Crippen molar-refractivity contribution in [3.8, 4) is 0 Å². The molecule has 0 N–H and O–H groups in total. The van der Waals surface area contributed by atoms with Gasteiger partial charge in [0.1, 0.15) is 0 Å². The highest BCUT2D eigenvalue weighted by atomic mass is 31.2. The van der Waals surface area contributed by atoms with E-state index in [1.54, 1.807) is 34.6 Å². The van der Waals surface area contributed by atoms with Crippen molar-refractivity contribution in [2.75, 3.05) is 13.2 Å². The predicted octanol–water partition coefficient (Wildman–Crippen LogP) is 3.39. The van der Waals surface area contributed by atoms with Crippen LogP contribution in [0.2, 0.25) is 0 Å². The molecule has 0 saturated heterocycles. The minimum atomic E-state index is -3.43. The highest BCUT2D eigenvalue weighted by Gasteiger charge is 2.45. The van der Waals surface area contributed by atoms with Gasteiger partial charge in [-0.3, -0.25) is 4.57 Å². The van der Waals surface area contributed by atoms with Gasteiger partial charge in [0, 0.05) is 0 Å². The van der Waals surface area contributed by atoms with Gasteiger partial charge in [0.05, 0.1) is 13.2 Å². The van der Waals surface area contributed by atoms with E-state index in [0.29, 0.717) is 0 Å². The third kappa shape index (κ3) is 4.01. The number of hydrogen-bond acceptors (Lipinski definition) is 5. The van der Waals surface area contributed by atoms with E-state index >= 15 is 0 Å². The maximum atomic E-state index is 12.3. The molecule has 0 aromatic carbocycles. The molecule has 0 aromatic rings. The summed E-state index contributed by atoms with van der Waals surface area (Å²) in [6, 6.07) is 0. The lowest BCUT2D eigenvalue weighted by molar-refractivity contribution is 0.193. The topological polar surface area (TPSA) is 65.0 Å². The van der Waals surface area contributed by atoms with Gasteiger partial charge in [0.2, 0.25) is 0 Å². The molecule has 0 aliphatic carbocycles. The first-order valence-corrected chi connectivity index (χ1v) is 6.64. The smallest absolute Gasteiger partial charge is 0.307 e. The van der Waals surface area contributed by atoms with E-state index in [9.17, 15) is 9.47 Å². The van der Waals surface area contributed by atoms with Crippen LogP contribution in [0.25, 0.3) is 0 Å². The summed E-state index contributed by atoms with van der Waals surface area (Å²) in [6.45, 7) is 9.22. The summed E-state index contributed by atoms with van der Waals surface area (Å²) in [5.41, 5.74) is -0.540. The number of nitrogens with zero attached hydrogens (tertiary/aromatic N) is 1. The molecule has 0 radical (unpaired) electrons. The van der Waals surface area contributed by atoms with E-state index in [4.69, 9.17) is 9.05 Å². The molecule has 0 fully saturated rings. The van der Waals surface area contributed by atoms with Crippen molar-refractivity contribution >= 4 is 7.60 Å². The van der Waals surface area contributed by atoms with Crippen molar-refractivity contribution in [2.45, 2.75) is 40.4 Å². The van der Waals surface area contributed by atoms with Crippen molar-refractivity contribution in [1.29, 1.82) is 0 Å². The molecule has 0 aromatic heterocycles. The third-order valence-corrected chi connectivity index (χ3v) is 4.50. The molecule has 6 heteroatoms. The molecule has 0 amide bonds. The summed E-state index contributed by atoms with van der Waals surface area (Å²) in [6.07, 6.45) is 0. The SMILES string of the molecule is CCOP(=O)(OCC)C(N=O)C(C)(C)C. The molecule has 0 heterocycles. The Labute approximate surface area is 91.0 Å². The lowest BCUT2D eigenvalue weighted by atomic mass is 9.97. The Morgan fingerprint density at radius 3 is 1.80 bits per heavy atom. The Morgan fingerprint density at radius 2 is 1.60 bits per heavy atom. The van der Waals surface area contributed by atoms with Gasteiger partial charge in [-0.15, -0.1) is 4.91 Å². The number of rotatable bonds is 6. The lowest BCUT2D eigenvalue weighted by Crippen LogP contribution is -2.26. The van der Waals surface area contributed by atoms with Crippen molar-refractivity contribution in [3.63, 3.8) is 0 Å². The summed E-state index contributed by atoms with van der Waals surface area (Å²) < 4.78 is 22.4. The Kier molecular flexibility index (Phi) is 5.63. The summed E-state index contributed by atoms with van der Waals surface area (Å²) in [7, 11) is -3.43. The van der Waals surface area contributed by atoms with E-state index in [1.807, 2.05) is 0 Å². The van der Waals surface area contributed by atoms with Gasteiger partial charge in [-0.2, -0.15) is 0 Å². The van der Waals surface area contributed by atoms with E-state index in [-0.39, 0.29) is 13.2 Å². The van der Waals surface area contributed by atoms with Crippen molar-refractivity contribution in [1.82, 2.24) is 0 Å². The van der Waals surface area contributed by atoms with Gasteiger partial charge in [-0.1, -0.05) is 25.9 Å². The average molecular weight is 237 g/mol. The van der Waals surface area contributed by atoms with Crippen LogP contribution in [0.4, 0.5) is 0 Å². The predicted molar refractivity (Wildman–Crippen MR) is 59.9 cm³/mol. The second kappa shape index (κ2) is 5.73. The van der Waals surface area contributed by atoms with Gasteiger partial charge < -0.3 is 9.05 Å². The van der Waals surface area contributed by atoms with Crippen LogP contribution in [0.1, 0.15) is 34.6 Å². The summed E-state index contributed by atoms with van der Waals surface area (Å²) in [5, 5.41) is 2.91. The number of hydrogen-bond donors (Lipinski definition) is 0. The molecule has 90 valence electrons. The van der Waals surface area contributed by atoms with Crippen LogP contribution in [0.3, 0.4) is 0 Å². The highest BCUT2D eigenvalue weighted by Crippen LogP contribution is 2.58. The third-order valence-electron chi connectivity index (χ3n) is 1.79. The maximum Gasteiger partial charge on any atom is 0.359 e. The van der Waals surface area contributed by atoms with E-state index in [2.05, 4.69) is 5.18 Å². The molecule has 0 saturated carbocycles.